The Morgan fingerprint density at radius 2 is 2.06 bits per heavy atom. The zero-order valence-corrected chi connectivity index (χ0v) is 10.9. The molecule has 0 saturated carbocycles. The number of unbranched alkanes of at least 4 members (excludes halogenated alkanes) is 1. The molecule has 17 heavy (non-hydrogen) atoms. The maximum atomic E-state index is 10.1. The number of H-pyrrole nitrogens is 1. The monoisotopic (exact) mass is 282 g/mol. The van der Waals surface area contributed by atoms with Gasteiger partial charge in [0.15, 0.2) is 0 Å². The third kappa shape index (κ3) is 14.8. The summed E-state index contributed by atoms with van der Waals surface area (Å²) in [6.45, 7) is 0.844. The minimum absolute atomic E-state index is 0.604. The number of aromatic nitrogens is 2. The fourth-order valence-corrected chi connectivity index (χ4v) is 1.27. The van der Waals surface area contributed by atoms with Crippen molar-refractivity contribution >= 4 is 25.8 Å². The van der Waals surface area contributed by atoms with Crippen LogP contribution in [0.4, 0.5) is 0 Å². The topological polar surface area (TPSA) is 111 Å². The van der Waals surface area contributed by atoms with E-state index in [9.17, 15) is 8.42 Å². The molecule has 0 aliphatic heterocycles. The van der Waals surface area contributed by atoms with Gasteiger partial charge in [0, 0.05) is 11.6 Å². The van der Waals surface area contributed by atoms with Crippen molar-refractivity contribution in [1.29, 1.82) is 0 Å². The van der Waals surface area contributed by atoms with Crippen LogP contribution in [0, 0.1) is 0 Å². The SMILES string of the molecule is CS(=O)(=O)[O-].O=S(=O)=CCCC[n+]1cc[nH]c1. The molecule has 0 spiro atoms. The van der Waals surface area contributed by atoms with Gasteiger partial charge < -0.3 is 4.55 Å². The summed E-state index contributed by atoms with van der Waals surface area (Å²) in [5.74, 6) is 0. The number of hydrogen-bond donors (Lipinski definition) is 1. The van der Waals surface area contributed by atoms with E-state index in [-0.39, 0.29) is 0 Å². The van der Waals surface area contributed by atoms with E-state index in [1.807, 2.05) is 23.3 Å². The molecule has 0 atom stereocenters. The summed E-state index contributed by atoms with van der Waals surface area (Å²) in [6, 6.07) is 0. The molecule has 0 fully saturated rings. The van der Waals surface area contributed by atoms with Gasteiger partial charge in [-0.3, -0.25) is 4.98 Å². The van der Waals surface area contributed by atoms with E-state index >= 15 is 0 Å². The third-order valence-electron chi connectivity index (χ3n) is 1.48. The molecule has 0 aromatic carbocycles. The van der Waals surface area contributed by atoms with Crippen molar-refractivity contribution in [2.24, 2.45) is 0 Å². The van der Waals surface area contributed by atoms with E-state index in [1.165, 1.54) is 5.37 Å². The Bertz CT molecular complexity index is 514. The number of imidazole rings is 1. The van der Waals surface area contributed by atoms with Gasteiger partial charge in [-0.05, 0) is 12.8 Å². The molecule has 0 amide bonds. The lowest BCUT2D eigenvalue weighted by Gasteiger charge is -1.90. The lowest BCUT2D eigenvalue weighted by Crippen LogP contribution is -2.30. The first-order valence-corrected chi connectivity index (χ1v) is 7.58. The maximum Gasteiger partial charge on any atom is 0.241 e. The molecule has 1 aromatic rings. The molecule has 0 saturated heterocycles. The largest absolute Gasteiger partial charge is 0.748 e. The smallest absolute Gasteiger partial charge is 0.241 e. The summed E-state index contributed by atoms with van der Waals surface area (Å²) >= 11 is 0. The van der Waals surface area contributed by atoms with Crippen LogP contribution in [-0.4, -0.2) is 38.0 Å². The Morgan fingerprint density at radius 1 is 1.47 bits per heavy atom. The number of aryl methyl sites for hydroxylation is 1. The highest BCUT2D eigenvalue weighted by molar-refractivity contribution is 7.84. The van der Waals surface area contributed by atoms with Gasteiger partial charge in [0.1, 0.15) is 12.4 Å². The number of hydrogen-bond acceptors (Lipinski definition) is 5. The first kappa shape index (κ1) is 15.8. The van der Waals surface area contributed by atoms with Crippen LogP contribution in [0.15, 0.2) is 18.7 Å². The second kappa shape index (κ2) is 7.98. The number of aromatic amines is 1. The summed E-state index contributed by atoms with van der Waals surface area (Å²) in [4.78, 5) is 2.91. The lowest BCUT2D eigenvalue weighted by atomic mass is 10.3. The van der Waals surface area contributed by atoms with E-state index in [0.29, 0.717) is 12.7 Å². The molecule has 0 radical (unpaired) electrons. The van der Waals surface area contributed by atoms with Crippen molar-refractivity contribution in [1.82, 2.24) is 4.98 Å². The Balaban J connectivity index is 0.000000437. The van der Waals surface area contributed by atoms with E-state index in [2.05, 4.69) is 4.98 Å². The van der Waals surface area contributed by atoms with Gasteiger partial charge in [-0.1, -0.05) is 0 Å². The molecule has 0 aliphatic rings. The van der Waals surface area contributed by atoms with E-state index < -0.39 is 20.4 Å². The van der Waals surface area contributed by atoms with Crippen molar-refractivity contribution in [3.05, 3.63) is 18.7 Å². The number of rotatable bonds is 4. The van der Waals surface area contributed by atoms with Crippen LogP contribution in [0.25, 0.3) is 0 Å². The summed E-state index contributed by atoms with van der Waals surface area (Å²) in [5.41, 5.74) is 0. The quantitative estimate of drug-likeness (QED) is 0.327. The minimum Gasteiger partial charge on any atom is -0.748 e. The van der Waals surface area contributed by atoms with Gasteiger partial charge in [-0.2, -0.15) is 8.42 Å². The third-order valence-corrected chi connectivity index (χ3v) is 1.98. The molecule has 1 N–H and O–H groups in total. The Kier molecular flexibility index (Phi) is 7.42. The molecule has 0 bridgehead atoms. The average molecular weight is 282 g/mol. The molecular weight excluding hydrogens is 268 g/mol. The summed E-state index contributed by atoms with van der Waals surface area (Å²) in [6.07, 6.45) is 7.63. The maximum absolute atomic E-state index is 10.1. The number of nitrogens with one attached hydrogen (secondary N) is 1. The molecule has 0 aliphatic carbocycles. The summed E-state index contributed by atoms with van der Waals surface area (Å²) in [5, 5.41) is 1.28. The Morgan fingerprint density at radius 3 is 2.47 bits per heavy atom. The van der Waals surface area contributed by atoms with Crippen LogP contribution in [-0.2, 0) is 27.0 Å². The lowest BCUT2D eigenvalue weighted by molar-refractivity contribution is -0.695. The molecule has 1 aromatic heterocycles. The van der Waals surface area contributed by atoms with Crippen molar-refractivity contribution in [2.75, 3.05) is 6.26 Å². The van der Waals surface area contributed by atoms with Crippen LogP contribution in [0.1, 0.15) is 12.8 Å². The predicted octanol–water partition coefficient (Wildman–Crippen LogP) is -1.07. The average Bonchev–Trinajstić information content (AvgIpc) is 2.61. The molecule has 98 valence electrons. The molecule has 1 rings (SSSR count). The molecular formula is C8H14N2O5S2. The Labute approximate surface area is 101 Å². The van der Waals surface area contributed by atoms with Gasteiger partial charge in [0.05, 0.1) is 16.7 Å². The van der Waals surface area contributed by atoms with Gasteiger partial charge in [0.2, 0.25) is 16.6 Å². The summed E-state index contributed by atoms with van der Waals surface area (Å²) < 4.78 is 49.4. The highest BCUT2D eigenvalue weighted by Gasteiger charge is 1.94. The Hall–Kier alpha value is -1.19. The normalized spacial score (nSPS) is 10.2. The summed E-state index contributed by atoms with van der Waals surface area (Å²) in [7, 11) is -5.92. The van der Waals surface area contributed by atoms with Crippen molar-refractivity contribution in [3.63, 3.8) is 0 Å². The fraction of sp³-hybridized carbons (Fsp3) is 0.500. The molecule has 0 unspecified atom stereocenters. The highest BCUT2D eigenvalue weighted by atomic mass is 32.2. The van der Waals surface area contributed by atoms with Crippen LogP contribution in [0.2, 0.25) is 0 Å². The first-order chi connectivity index (χ1) is 7.79. The van der Waals surface area contributed by atoms with Gasteiger partial charge in [0.25, 0.3) is 0 Å². The standard InChI is InChI=1S/C7H10N2O2S.CH4O3S/c10-12(11)6-2-1-4-9-5-3-8-7-9;1-5(2,3)4/h3,5-7H,1-2,4H2;1H3,(H,2,3,4). The minimum atomic E-state index is -3.92. The van der Waals surface area contributed by atoms with Crippen molar-refractivity contribution in [2.45, 2.75) is 19.4 Å². The van der Waals surface area contributed by atoms with E-state index in [4.69, 9.17) is 13.0 Å². The van der Waals surface area contributed by atoms with Crippen LogP contribution < -0.4 is 4.57 Å². The van der Waals surface area contributed by atoms with E-state index in [0.717, 1.165) is 13.0 Å². The zero-order valence-electron chi connectivity index (χ0n) is 9.24. The van der Waals surface area contributed by atoms with Crippen LogP contribution >= 0.6 is 0 Å². The molecule has 9 heteroatoms. The van der Waals surface area contributed by atoms with Gasteiger partial charge in [-0.15, -0.1) is 0 Å². The highest BCUT2D eigenvalue weighted by Crippen LogP contribution is 1.83. The first-order valence-electron chi connectivity index (χ1n) is 4.63. The van der Waals surface area contributed by atoms with Gasteiger partial charge in [-0.25, -0.2) is 13.0 Å². The van der Waals surface area contributed by atoms with Crippen molar-refractivity contribution < 1.29 is 26.0 Å². The van der Waals surface area contributed by atoms with Crippen LogP contribution in [0.5, 0.6) is 0 Å². The zero-order chi connectivity index (χ0) is 13.3. The van der Waals surface area contributed by atoms with Crippen LogP contribution in [0.3, 0.4) is 0 Å². The second-order valence-electron chi connectivity index (χ2n) is 3.12. The second-order valence-corrected chi connectivity index (χ2v) is 5.39. The molecule has 7 nitrogen and oxygen atoms in total. The van der Waals surface area contributed by atoms with Gasteiger partial charge >= 0.3 is 0 Å². The van der Waals surface area contributed by atoms with Crippen molar-refractivity contribution in [3.8, 4) is 0 Å². The fourth-order valence-electron chi connectivity index (χ4n) is 0.913. The molecule has 1 heterocycles. The predicted molar refractivity (Wildman–Crippen MR) is 60.8 cm³/mol. The van der Waals surface area contributed by atoms with E-state index in [1.54, 1.807) is 0 Å². The number of nitrogens with zero attached hydrogens (tertiary/aromatic N) is 1.